The van der Waals surface area contributed by atoms with Crippen LogP contribution >= 0.6 is 18.7 Å². The van der Waals surface area contributed by atoms with E-state index in [9.17, 15) is 4.57 Å². The Balaban J connectivity index is 1.62. The Bertz CT molecular complexity index is 1390. The molecule has 0 spiro atoms. The zero-order valence-electron chi connectivity index (χ0n) is 19.7. The SMILES string of the molecule is C/C=C/C1=CC(Nc2nc(/C=C/c3cccc(Cl)c3)nc(Nc3ccc(P(C)(C)=O)cc3)n2)=NC1. The first-order valence-corrected chi connectivity index (χ1v) is 14.0. The number of nitrogens with zero attached hydrogens (tertiary/aromatic N) is 4. The maximum absolute atomic E-state index is 12.3. The summed E-state index contributed by atoms with van der Waals surface area (Å²) in [6.07, 6.45) is 9.66. The molecule has 4 rings (SSSR count). The van der Waals surface area contributed by atoms with Crippen LogP contribution in [-0.4, -0.2) is 40.7 Å². The van der Waals surface area contributed by atoms with Gasteiger partial charge in [0.15, 0.2) is 5.82 Å². The van der Waals surface area contributed by atoms with Gasteiger partial charge in [0, 0.05) is 16.0 Å². The van der Waals surface area contributed by atoms with Crippen molar-refractivity contribution < 1.29 is 4.57 Å². The number of nitrogens with one attached hydrogen (secondary N) is 2. The van der Waals surface area contributed by atoms with Gasteiger partial charge in [-0.15, -0.1) is 0 Å². The minimum atomic E-state index is -2.33. The highest BCUT2D eigenvalue weighted by atomic mass is 35.5. The normalized spacial score (nSPS) is 13.8. The molecule has 0 radical (unpaired) electrons. The highest BCUT2D eigenvalue weighted by Gasteiger charge is 2.12. The van der Waals surface area contributed by atoms with Gasteiger partial charge in [-0.3, -0.25) is 4.99 Å². The van der Waals surface area contributed by atoms with Gasteiger partial charge in [0.2, 0.25) is 11.9 Å². The van der Waals surface area contributed by atoms with Crippen molar-refractivity contribution in [2.45, 2.75) is 6.92 Å². The molecule has 3 aromatic rings. The minimum Gasteiger partial charge on any atom is -0.324 e. The minimum absolute atomic E-state index is 0.369. The molecular weight excluding hydrogens is 479 g/mol. The van der Waals surface area contributed by atoms with E-state index in [2.05, 4.69) is 30.6 Å². The highest BCUT2D eigenvalue weighted by Crippen LogP contribution is 2.34. The van der Waals surface area contributed by atoms with Gasteiger partial charge in [0.25, 0.3) is 0 Å². The number of allylic oxidation sites excluding steroid dienone is 1. The third kappa shape index (κ3) is 6.98. The lowest BCUT2D eigenvalue weighted by molar-refractivity contribution is 0.588. The van der Waals surface area contributed by atoms with Crippen LogP contribution in [0.3, 0.4) is 0 Å². The number of hydrogen-bond acceptors (Lipinski definition) is 7. The summed E-state index contributed by atoms with van der Waals surface area (Å²) in [6, 6.07) is 14.9. The van der Waals surface area contributed by atoms with E-state index in [0.29, 0.717) is 35.1 Å². The van der Waals surface area contributed by atoms with Crippen molar-refractivity contribution in [2.75, 3.05) is 30.5 Å². The molecule has 35 heavy (non-hydrogen) atoms. The number of benzene rings is 2. The zero-order chi connectivity index (χ0) is 24.8. The van der Waals surface area contributed by atoms with Crippen LogP contribution in [0.2, 0.25) is 5.02 Å². The molecule has 0 bridgehead atoms. The predicted molar refractivity (Wildman–Crippen MR) is 148 cm³/mol. The maximum Gasteiger partial charge on any atom is 0.233 e. The van der Waals surface area contributed by atoms with Crippen LogP contribution in [0.4, 0.5) is 17.6 Å². The van der Waals surface area contributed by atoms with Crippen LogP contribution in [0, 0.1) is 0 Å². The smallest absolute Gasteiger partial charge is 0.233 e. The first-order chi connectivity index (χ1) is 16.8. The number of hydrogen-bond donors (Lipinski definition) is 2. The largest absolute Gasteiger partial charge is 0.324 e. The molecule has 7 nitrogen and oxygen atoms in total. The second-order valence-corrected chi connectivity index (χ2v) is 12.0. The van der Waals surface area contributed by atoms with Crippen molar-refractivity contribution in [3.05, 3.63) is 88.7 Å². The molecule has 0 aliphatic carbocycles. The number of aliphatic imine (C=N–C) groups is 1. The summed E-state index contributed by atoms with van der Waals surface area (Å²) < 4.78 is 12.3. The second-order valence-electron chi connectivity index (χ2n) is 8.30. The molecule has 1 aliphatic rings. The Hall–Kier alpha value is -3.54. The molecule has 0 fully saturated rings. The average Bonchev–Trinajstić information content (AvgIpc) is 3.24. The van der Waals surface area contributed by atoms with Crippen molar-refractivity contribution in [1.29, 1.82) is 0 Å². The number of anilines is 3. The molecule has 0 unspecified atom stereocenters. The summed E-state index contributed by atoms with van der Waals surface area (Å²) in [5, 5.41) is 7.86. The summed E-state index contributed by atoms with van der Waals surface area (Å²) in [5.74, 6) is 1.89. The van der Waals surface area contributed by atoms with Gasteiger partial charge >= 0.3 is 0 Å². The Morgan fingerprint density at radius 2 is 1.69 bits per heavy atom. The average molecular weight is 505 g/mol. The molecule has 0 amide bonds. The van der Waals surface area contributed by atoms with Crippen molar-refractivity contribution in [3.8, 4) is 0 Å². The Morgan fingerprint density at radius 3 is 2.37 bits per heavy atom. The summed E-state index contributed by atoms with van der Waals surface area (Å²) in [7, 11) is -2.33. The second kappa shape index (κ2) is 10.8. The van der Waals surface area contributed by atoms with Crippen molar-refractivity contribution in [3.63, 3.8) is 0 Å². The molecule has 2 N–H and O–H groups in total. The molecule has 1 aliphatic heterocycles. The summed E-state index contributed by atoms with van der Waals surface area (Å²) in [4.78, 5) is 18.1. The maximum atomic E-state index is 12.3. The molecule has 0 saturated carbocycles. The summed E-state index contributed by atoms with van der Waals surface area (Å²) >= 11 is 6.10. The van der Waals surface area contributed by atoms with E-state index in [1.165, 1.54) is 0 Å². The van der Waals surface area contributed by atoms with Crippen LogP contribution in [0.5, 0.6) is 0 Å². The van der Waals surface area contributed by atoms with E-state index >= 15 is 0 Å². The van der Waals surface area contributed by atoms with E-state index < -0.39 is 7.14 Å². The van der Waals surface area contributed by atoms with Gasteiger partial charge in [-0.1, -0.05) is 42.0 Å². The van der Waals surface area contributed by atoms with E-state index in [4.69, 9.17) is 11.6 Å². The third-order valence-corrected chi connectivity index (χ3v) is 6.82. The molecule has 178 valence electrons. The first kappa shape index (κ1) is 24.6. The van der Waals surface area contributed by atoms with Gasteiger partial charge in [-0.25, -0.2) is 0 Å². The van der Waals surface area contributed by atoms with Gasteiger partial charge < -0.3 is 15.2 Å². The number of aromatic nitrogens is 3. The lowest BCUT2D eigenvalue weighted by Crippen LogP contribution is -2.13. The van der Waals surface area contributed by atoms with Gasteiger partial charge in [-0.2, -0.15) is 15.0 Å². The van der Waals surface area contributed by atoms with Crippen molar-refractivity contribution in [2.24, 2.45) is 4.99 Å². The molecule has 0 atom stereocenters. The highest BCUT2D eigenvalue weighted by molar-refractivity contribution is 7.70. The van der Waals surface area contributed by atoms with Crippen molar-refractivity contribution in [1.82, 2.24) is 15.0 Å². The quantitative estimate of drug-likeness (QED) is 0.383. The summed E-state index contributed by atoms with van der Waals surface area (Å²) in [5.41, 5.74) is 2.81. The predicted octanol–water partition coefficient (Wildman–Crippen LogP) is 6.01. The van der Waals surface area contributed by atoms with Crippen LogP contribution in [-0.2, 0) is 4.57 Å². The fourth-order valence-corrected chi connectivity index (χ4v) is 4.41. The van der Waals surface area contributed by atoms with Crippen molar-refractivity contribution >= 4 is 59.6 Å². The fourth-order valence-electron chi connectivity index (χ4n) is 3.34. The Kier molecular flexibility index (Phi) is 7.59. The molecular formula is C26H26ClN6OP. The molecule has 0 saturated heterocycles. The Labute approximate surface area is 210 Å². The van der Waals surface area contributed by atoms with Crippen LogP contribution in [0.1, 0.15) is 18.3 Å². The van der Waals surface area contributed by atoms with Crippen LogP contribution < -0.4 is 15.9 Å². The lowest BCUT2D eigenvalue weighted by Gasteiger charge is -2.10. The number of rotatable bonds is 7. The number of amidine groups is 1. The summed E-state index contributed by atoms with van der Waals surface area (Å²) in [6.45, 7) is 6.08. The van der Waals surface area contributed by atoms with E-state index in [0.717, 1.165) is 22.1 Å². The Morgan fingerprint density at radius 1 is 0.943 bits per heavy atom. The topological polar surface area (TPSA) is 92.2 Å². The van der Waals surface area contributed by atoms with E-state index in [1.54, 1.807) is 19.4 Å². The standard InChI is InChI=1S/C26H26ClN6OP/c1-4-6-19-16-24(28-17-19)32-26-31-23(14-9-18-7-5-8-20(27)15-18)30-25(33-26)29-21-10-12-22(13-11-21)35(2,3)34/h4-16H,17H2,1-3H3,(H2,28,29,30,31,32,33)/b6-4+,14-9+. The van der Waals surface area contributed by atoms with E-state index in [-0.39, 0.29) is 0 Å². The third-order valence-electron chi connectivity index (χ3n) is 5.05. The van der Waals surface area contributed by atoms with Gasteiger partial charge in [0.1, 0.15) is 13.0 Å². The number of halogens is 1. The first-order valence-electron chi connectivity index (χ1n) is 11.1. The molecule has 2 aromatic carbocycles. The van der Waals surface area contributed by atoms with Crippen LogP contribution in [0.15, 0.2) is 77.3 Å². The van der Waals surface area contributed by atoms with Gasteiger partial charge in [0.05, 0.1) is 6.54 Å². The zero-order valence-corrected chi connectivity index (χ0v) is 21.4. The fraction of sp³-hybridized carbons (Fsp3) is 0.154. The molecule has 9 heteroatoms. The lowest BCUT2D eigenvalue weighted by atomic mass is 10.2. The molecule has 1 aromatic heterocycles. The van der Waals surface area contributed by atoms with Crippen LogP contribution in [0.25, 0.3) is 12.2 Å². The van der Waals surface area contributed by atoms with Gasteiger partial charge in [-0.05, 0) is 79.9 Å². The monoisotopic (exact) mass is 504 g/mol. The van der Waals surface area contributed by atoms with E-state index in [1.807, 2.05) is 79.8 Å². The molecule has 2 heterocycles.